The minimum Gasteiger partial charge on any atom is -0.480 e. The molecule has 2 N–H and O–H groups in total. The number of aryl methyl sites for hydroxylation is 1. The van der Waals surface area contributed by atoms with Crippen LogP contribution in [0.4, 0.5) is 0 Å². The molecular formula is C16H20ClNO3. The highest BCUT2D eigenvalue weighted by Gasteiger charge is 2.19. The number of carbonyl (C=O) groups is 2. The van der Waals surface area contributed by atoms with Gasteiger partial charge in [-0.15, -0.1) is 0 Å². The normalized spacial score (nSPS) is 12.6. The van der Waals surface area contributed by atoms with Gasteiger partial charge in [-0.2, -0.15) is 0 Å². The number of amides is 1. The van der Waals surface area contributed by atoms with Crippen LogP contribution in [0.25, 0.3) is 6.08 Å². The lowest BCUT2D eigenvalue weighted by Crippen LogP contribution is -2.40. The lowest BCUT2D eigenvalue weighted by molar-refractivity contribution is -0.141. The fourth-order valence-corrected chi connectivity index (χ4v) is 1.99. The van der Waals surface area contributed by atoms with Gasteiger partial charge in [0, 0.05) is 11.1 Å². The summed E-state index contributed by atoms with van der Waals surface area (Å²) in [6, 6.07) is 4.58. The molecule has 5 heteroatoms. The second-order valence-electron chi connectivity index (χ2n) is 5.37. The number of benzene rings is 1. The van der Waals surface area contributed by atoms with E-state index in [1.54, 1.807) is 12.1 Å². The molecule has 0 unspecified atom stereocenters. The zero-order chi connectivity index (χ0) is 16.0. The Kier molecular flexibility index (Phi) is 6.43. The molecule has 0 radical (unpaired) electrons. The topological polar surface area (TPSA) is 66.4 Å². The maximum absolute atomic E-state index is 11.8. The molecule has 1 atom stereocenters. The van der Waals surface area contributed by atoms with E-state index in [2.05, 4.69) is 5.32 Å². The van der Waals surface area contributed by atoms with Crippen molar-refractivity contribution in [2.45, 2.75) is 33.2 Å². The number of halogens is 1. The van der Waals surface area contributed by atoms with Crippen molar-refractivity contribution in [3.63, 3.8) is 0 Å². The molecule has 0 heterocycles. The molecule has 21 heavy (non-hydrogen) atoms. The summed E-state index contributed by atoms with van der Waals surface area (Å²) < 4.78 is 0. The van der Waals surface area contributed by atoms with Gasteiger partial charge < -0.3 is 10.4 Å². The largest absolute Gasteiger partial charge is 0.480 e. The van der Waals surface area contributed by atoms with Gasteiger partial charge in [-0.3, -0.25) is 4.79 Å². The van der Waals surface area contributed by atoms with Gasteiger partial charge in [0.15, 0.2) is 0 Å². The van der Waals surface area contributed by atoms with Gasteiger partial charge >= 0.3 is 5.97 Å². The molecule has 4 nitrogen and oxygen atoms in total. The molecule has 0 saturated carbocycles. The van der Waals surface area contributed by atoms with E-state index in [4.69, 9.17) is 16.7 Å². The Hall–Kier alpha value is -1.81. The number of hydrogen-bond donors (Lipinski definition) is 2. The smallest absolute Gasteiger partial charge is 0.326 e. The van der Waals surface area contributed by atoms with Crippen molar-refractivity contribution in [3.8, 4) is 0 Å². The Morgan fingerprint density at radius 1 is 1.38 bits per heavy atom. The molecule has 1 amide bonds. The van der Waals surface area contributed by atoms with Gasteiger partial charge in [-0.25, -0.2) is 4.79 Å². The van der Waals surface area contributed by atoms with Crippen LogP contribution < -0.4 is 5.32 Å². The summed E-state index contributed by atoms with van der Waals surface area (Å²) in [6.45, 7) is 5.71. The van der Waals surface area contributed by atoms with E-state index in [0.717, 1.165) is 11.1 Å². The van der Waals surface area contributed by atoms with Gasteiger partial charge in [-0.05, 0) is 42.5 Å². The van der Waals surface area contributed by atoms with E-state index in [0.29, 0.717) is 11.4 Å². The molecule has 1 aromatic carbocycles. The van der Waals surface area contributed by atoms with E-state index in [-0.39, 0.29) is 5.92 Å². The molecule has 0 spiro atoms. The van der Waals surface area contributed by atoms with Crippen LogP contribution in [0.1, 0.15) is 31.4 Å². The Balaban J connectivity index is 2.68. The van der Waals surface area contributed by atoms with Crippen LogP contribution in [-0.2, 0) is 9.59 Å². The number of rotatable bonds is 6. The number of carboxylic acid groups (broad SMARTS) is 1. The summed E-state index contributed by atoms with van der Waals surface area (Å²) in [5, 5.41) is 12.2. The summed E-state index contributed by atoms with van der Waals surface area (Å²) in [7, 11) is 0. The fraction of sp³-hybridized carbons (Fsp3) is 0.375. The van der Waals surface area contributed by atoms with Crippen LogP contribution in [0.3, 0.4) is 0 Å². The first-order valence-corrected chi connectivity index (χ1v) is 7.15. The Morgan fingerprint density at radius 3 is 2.57 bits per heavy atom. The Morgan fingerprint density at radius 2 is 2.05 bits per heavy atom. The van der Waals surface area contributed by atoms with E-state index in [9.17, 15) is 9.59 Å². The maximum Gasteiger partial charge on any atom is 0.326 e. The zero-order valence-electron chi connectivity index (χ0n) is 12.4. The number of carbonyl (C=O) groups excluding carboxylic acids is 1. The van der Waals surface area contributed by atoms with Crippen LogP contribution >= 0.6 is 11.6 Å². The lowest BCUT2D eigenvalue weighted by atomic mass is 10.0. The summed E-state index contributed by atoms with van der Waals surface area (Å²) in [5.41, 5.74) is 1.75. The third kappa shape index (κ3) is 6.00. The van der Waals surface area contributed by atoms with Crippen molar-refractivity contribution in [1.82, 2.24) is 5.32 Å². The van der Waals surface area contributed by atoms with E-state index >= 15 is 0 Å². The highest BCUT2D eigenvalue weighted by molar-refractivity contribution is 6.31. The van der Waals surface area contributed by atoms with Gasteiger partial charge in [-0.1, -0.05) is 37.6 Å². The van der Waals surface area contributed by atoms with Gasteiger partial charge in [0.1, 0.15) is 6.04 Å². The Labute approximate surface area is 129 Å². The quantitative estimate of drug-likeness (QED) is 0.793. The molecule has 0 aliphatic rings. The van der Waals surface area contributed by atoms with E-state index < -0.39 is 17.9 Å². The molecule has 1 aromatic rings. The third-order valence-electron chi connectivity index (χ3n) is 2.94. The molecular weight excluding hydrogens is 290 g/mol. The van der Waals surface area contributed by atoms with E-state index in [1.165, 1.54) is 6.08 Å². The lowest BCUT2D eigenvalue weighted by Gasteiger charge is -2.15. The minimum atomic E-state index is -1.02. The SMILES string of the molecule is Cc1ccc(/C=C/C(=O)N[C@@H](CC(C)C)C(=O)O)cc1Cl. The first-order valence-electron chi connectivity index (χ1n) is 6.77. The number of nitrogens with one attached hydrogen (secondary N) is 1. The van der Waals surface area contributed by atoms with Crippen LogP contribution in [0.2, 0.25) is 5.02 Å². The molecule has 0 aromatic heterocycles. The second kappa shape index (κ2) is 7.84. The van der Waals surface area contributed by atoms with Crippen molar-refractivity contribution in [1.29, 1.82) is 0 Å². The molecule has 0 saturated heterocycles. The third-order valence-corrected chi connectivity index (χ3v) is 3.35. The molecule has 0 aliphatic carbocycles. The van der Waals surface area contributed by atoms with Crippen molar-refractivity contribution in [3.05, 3.63) is 40.4 Å². The molecule has 0 fully saturated rings. The fourth-order valence-electron chi connectivity index (χ4n) is 1.80. The van der Waals surface area contributed by atoms with Crippen LogP contribution in [0.15, 0.2) is 24.3 Å². The number of carboxylic acids is 1. The first kappa shape index (κ1) is 17.2. The molecule has 114 valence electrons. The van der Waals surface area contributed by atoms with Crippen molar-refractivity contribution in [2.24, 2.45) is 5.92 Å². The van der Waals surface area contributed by atoms with Crippen molar-refractivity contribution >= 4 is 29.6 Å². The monoisotopic (exact) mass is 309 g/mol. The molecule has 0 bridgehead atoms. The Bertz CT molecular complexity index is 552. The number of aliphatic carboxylic acids is 1. The standard InChI is InChI=1S/C16H20ClNO3/c1-10(2)8-14(16(20)21)18-15(19)7-6-12-5-4-11(3)13(17)9-12/h4-7,9-10,14H,8H2,1-3H3,(H,18,19)(H,20,21)/b7-6+/t14-/m0/s1. The van der Waals surface area contributed by atoms with Crippen LogP contribution in [0, 0.1) is 12.8 Å². The summed E-state index contributed by atoms with van der Waals surface area (Å²) in [6.07, 6.45) is 3.32. The second-order valence-corrected chi connectivity index (χ2v) is 5.78. The van der Waals surface area contributed by atoms with Crippen molar-refractivity contribution in [2.75, 3.05) is 0 Å². The van der Waals surface area contributed by atoms with Crippen molar-refractivity contribution < 1.29 is 14.7 Å². The minimum absolute atomic E-state index is 0.186. The highest BCUT2D eigenvalue weighted by atomic mass is 35.5. The highest BCUT2D eigenvalue weighted by Crippen LogP contribution is 2.17. The zero-order valence-corrected chi connectivity index (χ0v) is 13.1. The van der Waals surface area contributed by atoms with Gasteiger partial charge in [0.25, 0.3) is 0 Å². The van der Waals surface area contributed by atoms with Crippen LogP contribution in [-0.4, -0.2) is 23.0 Å². The van der Waals surface area contributed by atoms with Gasteiger partial charge in [0.2, 0.25) is 5.91 Å². The van der Waals surface area contributed by atoms with Crippen LogP contribution in [0.5, 0.6) is 0 Å². The molecule has 1 rings (SSSR count). The summed E-state index contributed by atoms with van der Waals surface area (Å²) >= 11 is 6.00. The first-order chi connectivity index (χ1) is 9.79. The predicted molar refractivity (Wildman–Crippen MR) is 84.2 cm³/mol. The van der Waals surface area contributed by atoms with E-state index in [1.807, 2.05) is 32.9 Å². The summed E-state index contributed by atoms with van der Waals surface area (Å²) in [4.78, 5) is 22.8. The average Bonchev–Trinajstić information content (AvgIpc) is 2.38. The average molecular weight is 310 g/mol. The molecule has 0 aliphatic heterocycles. The summed E-state index contributed by atoms with van der Waals surface area (Å²) in [5.74, 6) is -1.27. The predicted octanol–water partition coefficient (Wildman–Crippen LogP) is 3.28. The van der Waals surface area contributed by atoms with Gasteiger partial charge in [0.05, 0.1) is 0 Å². The maximum atomic E-state index is 11.8. The number of hydrogen-bond acceptors (Lipinski definition) is 2.